The second-order valence-corrected chi connectivity index (χ2v) is 2.66. The normalized spacial score (nSPS) is 10.1. The maximum atomic E-state index is 11.7. The monoisotopic (exact) mass is 217 g/mol. The van der Waals surface area contributed by atoms with E-state index in [0.29, 0.717) is 5.75 Å². The lowest BCUT2D eigenvalue weighted by atomic mass is 10.2. The summed E-state index contributed by atoms with van der Waals surface area (Å²) < 4.78 is 32.0. The second kappa shape index (κ2) is 4.59. The van der Waals surface area contributed by atoms with Crippen LogP contribution in [0.3, 0.4) is 0 Å². The van der Waals surface area contributed by atoms with E-state index < -0.39 is 12.6 Å². The molecule has 0 aliphatic carbocycles. The lowest BCUT2D eigenvalue weighted by Crippen LogP contribution is -2.10. The van der Waals surface area contributed by atoms with Crippen molar-refractivity contribution in [2.75, 3.05) is 12.8 Å². The van der Waals surface area contributed by atoms with Gasteiger partial charge in [-0.15, -0.1) is 0 Å². The SMILES string of the molecule is COc1cc(N)cc(C(=O)OC(F)F)c1. The highest BCUT2D eigenvalue weighted by Crippen LogP contribution is 2.19. The van der Waals surface area contributed by atoms with Gasteiger partial charge in [-0.05, 0) is 12.1 Å². The van der Waals surface area contributed by atoms with E-state index in [1.807, 2.05) is 0 Å². The zero-order valence-electron chi connectivity index (χ0n) is 7.87. The molecule has 4 nitrogen and oxygen atoms in total. The number of benzene rings is 1. The van der Waals surface area contributed by atoms with Gasteiger partial charge in [0, 0.05) is 11.8 Å². The number of hydrogen-bond acceptors (Lipinski definition) is 4. The van der Waals surface area contributed by atoms with E-state index in [0.717, 1.165) is 0 Å². The van der Waals surface area contributed by atoms with Crippen LogP contribution < -0.4 is 10.5 Å². The fourth-order valence-electron chi connectivity index (χ4n) is 1.01. The van der Waals surface area contributed by atoms with Crippen LogP contribution in [-0.2, 0) is 4.74 Å². The molecule has 82 valence electrons. The summed E-state index contributed by atoms with van der Waals surface area (Å²) in [4.78, 5) is 11.1. The molecule has 0 amide bonds. The third-order valence-electron chi connectivity index (χ3n) is 1.60. The van der Waals surface area contributed by atoms with E-state index in [9.17, 15) is 13.6 Å². The summed E-state index contributed by atoms with van der Waals surface area (Å²) >= 11 is 0. The second-order valence-electron chi connectivity index (χ2n) is 2.66. The van der Waals surface area contributed by atoms with E-state index in [1.54, 1.807) is 0 Å². The molecule has 0 spiro atoms. The molecule has 0 aliphatic rings. The summed E-state index contributed by atoms with van der Waals surface area (Å²) in [6, 6.07) is 3.95. The maximum absolute atomic E-state index is 11.7. The summed E-state index contributed by atoms with van der Waals surface area (Å²) in [6.07, 6.45) is 0. The Bertz CT molecular complexity index is 368. The Kier molecular flexibility index (Phi) is 3.43. The molecule has 15 heavy (non-hydrogen) atoms. The quantitative estimate of drug-likeness (QED) is 0.617. The van der Waals surface area contributed by atoms with Gasteiger partial charge in [0.1, 0.15) is 5.75 Å². The van der Waals surface area contributed by atoms with Crippen LogP contribution in [0, 0.1) is 0 Å². The van der Waals surface area contributed by atoms with Gasteiger partial charge in [0.15, 0.2) is 0 Å². The van der Waals surface area contributed by atoms with Crippen LogP contribution in [0.5, 0.6) is 5.75 Å². The zero-order valence-corrected chi connectivity index (χ0v) is 7.87. The predicted molar refractivity (Wildman–Crippen MR) is 48.8 cm³/mol. The molecule has 0 saturated carbocycles. The smallest absolute Gasteiger partial charge is 0.389 e. The predicted octanol–water partition coefficient (Wildman–Crippen LogP) is 1.66. The first-order valence-electron chi connectivity index (χ1n) is 3.96. The van der Waals surface area contributed by atoms with Crippen molar-refractivity contribution in [2.24, 2.45) is 0 Å². The average molecular weight is 217 g/mol. The Morgan fingerprint density at radius 3 is 2.60 bits per heavy atom. The number of anilines is 1. The highest BCUT2D eigenvalue weighted by molar-refractivity contribution is 5.91. The molecule has 0 fully saturated rings. The number of carbonyl (C=O) groups is 1. The number of nitrogen functional groups attached to an aromatic ring is 1. The number of hydrogen-bond donors (Lipinski definition) is 1. The Balaban J connectivity index is 2.93. The largest absolute Gasteiger partial charge is 0.497 e. The number of nitrogens with two attached hydrogens (primary N) is 1. The van der Waals surface area contributed by atoms with Crippen LogP contribution in [-0.4, -0.2) is 19.7 Å². The first kappa shape index (κ1) is 11.2. The van der Waals surface area contributed by atoms with Crippen LogP contribution in [0.15, 0.2) is 18.2 Å². The molecular formula is C9H9F2NO3. The van der Waals surface area contributed by atoms with Crippen molar-refractivity contribution in [3.63, 3.8) is 0 Å². The molecule has 1 aromatic rings. The van der Waals surface area contributed by atoms with Crippen LogP contribution in [0.4, 0.5) is 14.5 Å². The zero-order chi connectivity index (χ0) is 11.4. The molecule has 6 heteroatoms. The maximum Gasteiger partial charge on any atom is 0.389 e. The van der Waals surface area contributed by atoms with E-state index >= 15 is 0 Å². The fourth-order valence-corrected chi connectivity index (χ4v) is 1.01. The number of methoxy groups -OCH3 is 1. The first-order valence-corrected chi connectivity index (χ1v) is 3.96. The Hall–Kier alpha value is -1.85. The number of halogens is 2. The van der Waals surface area contributed by atoms with Crippen LogP contribution >= 0.6 is 0 Å². The highest BCUT2D eigenvalue weighted by Gasteiger charge is 2.14. The van der Waals surface area contributed by atoms with Gasteiger partial charge in [0.25, 0.3) is 0 Å². The van der Waals surface area contributed by atoms with Gasteiger partial charge >= 0.3 is 12.6 Å². The molecule has 0 radical (unpaired) electrons. The molecule has 0 heterocycles. The summed E-state index contributed by atoms with van der Waals surface area (Å²) in [5, 5.41) is 0. The molecule has 2 N–H and O–H groups in total. The summed E-state index contributed by atoms with van der Waals surface area (Å²) in [6.45, 7) is -3.15. The molecule has 1 aromatic carbocycles. The summed E-state index contributed by atoms with van der Waals surface area (Å²) in [5.74, 6) is -0.841. The minimum Gasteiger partial charge on any atom is -0.497 e. The van der Waals surface area contributed by atoms with Crippen molar-refractivity contribution in [2.45, 2.75) is 6.61 Å². The van der Waals surface area contributed by atoms with Gasteiger partial charge in [-0.2, -0.15) is 8.78 Å². The van der Waals surface area contributed by atoms with Crippen LogP contribution in [0.2, 0.25) is 0 Å². The van der Waals surface area contributed by atoms with Crippen molar-refractivity contribution in [1.29, 1.82) is 0 Å². The van der Waals surface area contributed by atoms with Gasteiger partial charge in [-0.1, -0.05) is 0 Å². The Labute approximate surface area is 84.6 Å². The standard InChI is InChI=1S/C9H9F2NO3/c1-14-7-3-5(2-6(12)4-7)8(13)15-9(10)11/h2-4,9H,12H2,1H3. The molecule has 0 saturated heterocycles. The van der Waals surface area contributed by atoms with E-state index in [2.05, 4.69) is 4.74 Å². The molecule has 0 aliphatic heterocycles. The van der Waals surface area contributed by atoms with Gasteiger partial charge in [0.05, 0.1) is 12.7 Å². The highest BCUT2D eigenvalue weighted by atomic mass is 19.3. The third-order valence-corrected chi connectivity index (χ3v) is 1.60. The Morgan fingerprint density at radius 2 is 2.07 bits per heavy atom. The molecular weight excluding hydrogens is 208 g/mol. The third kappa shape index (κ3) is 3.08. The topological polar surface area (TPSA) is 61.5 Å². The lowest BCUT2D eigenvalue weighted by molar-refractivity contribution is -0.0906. The number of esters is 1. The van der Waals surface area contributed by atoms with Gasteiger partial charge < -0.3 is 15.2 Å². The molecule has 0 unspecified atom stereocenters. The summed E-state index contributed by atoms with van der Waals surface area (Å²) in [5.41, 5.74) is 5.58. The average Bonchev–Trinajstić information content (AvgIpc) is 2.15. The van der Waals surface area contributed by atoms with Gasteiger partial charge in [-0.3, -0.25) is 0 Å². The minimum atomic E-state index is -3.15. The van der Waals surface area contributed by atoms with Crippen molar-refractivity contribution >= 4 is 11.7 Å². The number of carbonyl (C=O) groups excluding carboxylic acids is 1. The van der Waals surface area contributed by atoms with Crippen molar-refractivity contribution in [1.82, 2.24) is 0 Å². The molecule has 0 bridgehead atoms. The molecule has 1 rings (SSSR count). The number of rotatable bonds is 3. The first-order chi connectivity index (χ1) is 7.02. The molecule has 0 aromatic heterocycles. The van der Waals surface area contributed by atoms with Crippen molar-refractivity contribution < 1.29 is 23.0 Å². The molecule has 0 atom stereocenters. The minimum absolute atomic E-state index is 0.0767. The van der Waals surface area contributed by atoms with Gasteiger partial charge in [-0.25, -0.2) is 4.79 Å². The van der Waals surface area contributed by atoms with Gasteiger partial charge in [0.2, 0.25) is 0 Å². The summed E-state index contributed by atoms with van der Waals surface area (Å²) in [7, 11) is 1.37. The van der Waals surface area contributed by atoms with E-state index in [4.69, 9.17) is 10.5 Å². The van der Waals surface area contributed by atoms with E-state index in [1.165, 1.54) is 25.3 Å². The van der Waals surface area contributed by atoms with E-state index in [-0.39, 0.29) is 11.3 Å². The van der Waals surface area contributed by atoms with Crippen LogP contribution in [0.25, 0.3) is 0 Å². The van der Waals surface area contributed by atoms with Crippen molar-refractivity contribution in [3.05, 3.63) is 23.8 Å². The van der Waals surface area contributed by atoms with Crippen LogP contribution in [0.1, 0.15) is 10.4 Å². The fraction of sp³-hybridized carbons (Fsp3) is 0.222. The number of ether oxygens (including phenoxy) is 2. The number of alkyl halides is 2. The van der Waals surface area contributed by atoms with Crippen molar-refractivity contribution in [3.8, 4) is 5.75 Å². The Morgan fingerprint density at radius 1 is 1.40 bits per heavy atom. The lowest BCUT2D eigenvalue weighted by Gasteiger charge is -2.06.